The summed E-state index contributed by atoms with van der Waals surface area (Å²) in [5.41, 5.74) is 1.42. The maximum atomic E-state index is 12.4. The zero-order valence-corrected chi connectivity index (χ0v) is 17.0. The van der Waals surface area contributed by atoms with Gasteiger partial charge in [-0.2, -0.15) is 4.31 Å². The SMILES string of the molecule is CCN(CC)S(=O)(=O)c1ccc(/C=C/C(=O)Nc2ccccc2Br)cc1. The molecule has 1 amide bonds. The molecule has 0 aliphatic rings. The van der Waals surface area contributed by atoms with E-state index in [1.165, 1.54) is 10.4 Å². The molecule has 0 heterocycles. The number of nitrogens with one attached hydrogen (secondary N) is 1. The first kappa shape index (κ1) is 20.4. The maximum Gasteiger partial charge on any atom is 0.248 e. The van der Waals surface area contributed by atoms with Gasteiger partial charge in [0.25, 0.3) is 0 Å². The molecule has 0 spiro atoms. The second-order valence-electron chi connectivity index (χ2n) is 5.46. The predicted octanol–water partition coefficient (Wildman–Crippen LogP) is 4.13. The molecular weight excluding hydrogens is 416 g/mol. The van der Waals surface area contributed by atoms with Gasteiger partial charge in [-0.15, -0.1) is 0 Å². The summed E-state index contributed by atoms with van der Waals surface area (Å²) in [7, 11) is -3.47. The van der Waals surface area contributed by atoms with E-state index in [4.69, 9.17) is 0 Å². The van der Waals surface area contributed by atoms with E-state index in [2.05, 4.69) is 21.2 Å². The Balaban J connectivity index is 2.08. The minimum Gasteiger partial charge on any atom is -0.321 e. The smallest absolute Gasteiger partial charge is 0.248 e. The number of anilines is 1. The molecular formula is C19H21BrN2O3S. The van der Waals surface area contributed by atoms with Crippen molar-refractivity contribution in [1.29, 1.82) is 0 Å². The molecule has 26 heavy (non-hydrogen) atoms. The zero-order chi connectivity index (χ0) is 19.2. The summed E-state index contributed by atoms with van der Waals surface area (Å²) in [6.07, 6.45) is 3.05. The summed E-state index contributed by atoms with van der Waals surface area (Å²) in [5, 5.41) is 2.77. The normalized spacial score (nSPS) is 11.8. The van der Waals surface area contributed by atoms with Crippen molar-refractivity contribution in [2.24, 2.45) is 0 Å². The van der Waals surface area contributed by atoms with Crippen molar-refractivity contribution in [3.8, 4) is 0 Å². The lowest BCUT2D eigenvalue weighted by Gasteiger charge is -2.18. The van der Waals surface area contributed by atoms with E-state index in [0.717, 1.165) is 10.0 Å². The Kier molecular flexibility index (Phi) is 7.14. The Bertz CT molecular complexity index is 889. The summed E-state index contributed by atoms with van der Waals surface area (Å²) < 4.78 is 27.1. The third kappa shape index (κ3) is 5.03. The fourth-order valence-electron chi connectivity index (χ4n) is 2.37. The number of halogens is 1. The molecule has 0 radical (unpaired) electrons. The van der Waals surface area contributed by atoms with E-state index in [9.17, 15) is 13.2 Å². The Hall–Kier alpha value is -1.96. The van der Waals surface area contributed by atoms with Crippen molar-refractivity contribution in [2.45, 2.75) is 18.7 Å². The number of hydrogen-bond acceptors (Lipinski definition) is 3. The first-order valence-electron chi connectivity index (χ1n) is 8.22. The van der Waals surface area contributed by atoms with Gasteiger partial charge in [-0.05, 0) is 51.8 Å². The minimum absolute atomic E-state index is 0.246. The van der Waals surface area contributed by atoms with E-state index < -0.39 is 10.0 Å². The number of hydrogen-bond donors (Lipinski definition) is 1. The van der Waals surface area contributed by atoms with Gasteiger partial charge >= 0.3 is 0 Å². The highest BCUT2D eigenvalue weighted by Gasteiger charge is 2.20. The molecule has 7 heteroatoms. The number of benzene rings is 2. The molecule has 0 atom stereocenters. The van der Waals surface area contributed by atoms with Crippen LogP contribution in [0.4, 0.5) is 5.69 Å². The van der Waals surface area contributed by atoms with Crippen LogP contribution in [0, 0.1) is 0 Å². The summed E-state index contributed by atoms with van der Waals surface area (Å²) in [6, 6.07) is 13.8. The van der Waals surface area contributed by atoms with Crippen LogP contribution in [0.2, 0.25) is 0 Å². The number of para-hydroxylation sites is 1. The second-order valence-corrected chi connectivity index (χ2v) is 8.25. The fraction of sp³-hybridized carbons (Fsp3) is 0.211. The van der Waals surface area contributed by atoms with Crippen molar-refractivity contribution in [3.63, 3.8) is 0 Å². The van der Waals surface area contributed by atoms with E-state index in [-0.39, 0.29) is 10.8 Å². The molecule has 0 aromatic heterocycles. The number of carbonyl (C=O) groups excluding carboxylic acids is 1. The lowest BCUT2D eigenvalue weighted by molar-refractivity contribution is -0.111. The van der Waals surface area contributed by atoms with Crippen LogP contribution in [0.5, 0.6) is 0 Å². The molecule has 2 aromatic carbocycles. The van der Waals surface area contributed by atoms with Gasteiger partial charge in [-0.1, -0.05) is 38.1 Å². The molecule has 2 rings (SSSR count). The van der Waals surface area contributed by atoms with Gasteiger partial charge in [0.2, 0.25) is 15.9 Å². The van der Waals surface area contributed by atoms with Crippen molar-refractivity contribution in [3.05, 3.63) is 64.6 Å². The molecule has 0 bridgehead atoms. The van der Waals surface area contributed by atoms with E-state index in [1.807, 2.05) is 32.0 Å². The standard InChI is InChI=1S/C19H21BrN2O3S/c1-3-22(4-2)26(24,25)16-12-9-15(10-13-16)11-14-19(23)21-18-8-6-5-7-17(18)20/h5-14H,3-4H2,1-2H3,(H,21,23)/b14-11+. The molecule has 138 valence electrons. The minimum atomic E-state index is -3.47. The number of amides is 1. The van der Waals surface area contributed by atoms with Crippen LogP contribution in [0.15, 0.2) is 64.0 Å². The Morgan fingerprint density at radius 2 is 1.69 bits per heavy atom. The van der Waals surface area contributed by atoms with Crippen molar-refractivity contribution in [2.75, 3.05) is 18.4 Å². The number of sulfonamides is 1. The maximum absolute atomic E-state index is 12.4. The summed E-state index contributed by atoms with van der Waals surface area (Å²) in [5.74, 6) is -0.267. The van der Waals surface area contributed by atoms with Gasteiger partial charge in [-0.3, -0.25) is 4.79 Å². The van der Waals surface area contributed by atoms with Crippen LogP contribution in [0.3, 0.4) is 0 Å². The van der Waals surface area contributed by atoms with Gasteiger partial charge in [0, 0.05) is 23.6 Å². The van der Waals surface area contributed by atoms with Gasteiger partial charge in [-0.25, -0.2) is 8.42 Å². The number of carbonyl (C=O) groups is 1. The Morgan fingerprint density at radius 3 is 2.27 bits per heavy atom. The predicted molar refractivity (Wildman–Crippen MR) is 108 cm³/mol. The highest BCUT2D eigenvalue weighted by atomic mass is 79.9. The average Bonchev–Trinajstić information content (AvgIpc) is 2.63. The largest absolute Gasteiger partial charge is 0.321 e. The quantitative estimate of drug-likeness (QED) is 0.663. The summed E-state index contributed by atoms with van der Waals surface area (Å²) in [6.45, 7) is 4.47. The van der Waals surface area contributed by atoms with Crippen LogP contribution >= 0.6 is 15.9 Å². The van der Waals surface area contributed by atoms with Crippen LogP contribution in [0.25, 0.3) is 6.08 Å². The zero-order valence-electron chi connectivity index (χ0n) is 14.6. The molecule has 0 saturated heterocycles. The van der Waals surface area contributed by atoms with E-state index >= 15 is 0 Å². The van der Waals surface area contributed by atoms with Gasteiger partial charge in [0.05, 0.1) is 10.6 Å². The third-order valence-electron chi connectivity index (χ3n) is 3.78. The lowest BCUT2D eigenvalue weighted by Crippen LogP contribution is -2.30. The lowest BCUT2D eigenvalue weighted by atomic mass is 10.2. The van der Waals surface area contributed by atoms with Gasteiger partial charge in [0.1, 0.15) is 0 Å². The highest BCUT2D eigenvalue weighted by Crippen LogP contribution is 2.21. The average molecular weight is 437 g/mol. The molecule has 0 saturated carbocycles. The molecule has 0 aliphatic carbocycles. The topological polar surface area (TPSA) is 66.5 Å². The second kappa shape index (κ2) is 9.12. The number of nitrogens with zero attached hydrogens (tertiary/aromatic N) is 1. The Morgan fingerprint density at radius 1 is 1.08 bits per heavy atom. The van der Waals surface area contributed by atoms with Gasteiger partial charge < -0.3 is 5.32 Å². The van der Waals surface area contributed by atoms with Crippen LogP contribution in [0.1, 0.15) is 19.4 Å². The van der Waals surface area contributed by atoms with Crippen molar-refractivity contribution < 1.29 is 13.2 Å². The molecule has 0 fully saturated rings. The van der Waals surface area contributed by atoms with Crippen LogP contribution in [-0.4, -0.2) is 31.7 Å². The summed E-state index contributed by atoms with van der Waals surface area (Å²) in [4.78, 5) is 12.3. The molecule has 5 nitrogen and oxygen atoms in total. The van der Waals surface area contributed by atoms with E-state index in [1.54, 1.807) is 36.4 Å². The first-order valence-corrected chi connectivity index (χ1v) is 10.5. The van der Waals surface area contributed by atoms with Crippen LogP contribution < -0.4 is 5.32 Å². The molecule has 2 aromatic rings. The molecule has 0 unspecified atom stereocenters. The fourth-order valence-corrected chi connectivity index (χ4v) is 4.21. The molecule has 1 N–H and O–H groups in total. The molecule has 0 aliphatic heterocycles. The third-order valence-corrected chi connectivity index (χ3v) is 6.54. The van der Waals surface area contributed by atoms with E-state index in [0.29, 0.717) is 18.8 Å². The monoisotopic (exact) mass is 436 g/mol. The van der Waals surface area contributed by atoms with Crippen molar-refractivity contribution in [1.82, 2.24) is 4.31 Å². The number of rotatable bonds is 7. The van der Waals surface area contributed by atoms with Gasteiger partial charge in [0.15, 0.2) is 0 Å². The first-order chi connectivity index (χ1) is 12.4. The van der Waals surface area contributed by atoms with Crippen molar-refractivity contribution >= 4 is 43.6 Å². The summed E-state index contributed by atoms with van der Waals surface area (Å²) >= 11 is 3.37. The Labute approximate surface area is 162 Å². The highest BCUT2D eigenvalue weighted by molar-refractivity contribution is 9.10. The van der Waals surface area contributed by atoms with Crippen LogP contribution in [-0.2, 0) is 14.8 Å².